The van der Waals surface area contributed by atoms with Crippen LogP contribution in [0.15, 0.2) is 41.1 Å². The van der Waals surface area contributed by atoms with Gasteiger partial charge < -0.3 is 10.2 Å². The molecular formula is C14H14BrN5. The molecule has 6 heteroatoms. The lowest BCUT2D eigenvalue weighted by Gasteiger charge is -2.18. The SMILES string of the molecule is CN(c1ccc(Br)cc1)c1cc(NCCC#N)ncn1. The van der Waals surface area contributed by atoms with Gasteiger partial charge in [0.05, 0.1) is 12.5 Å². The average molecular weight is 332 g/mol. The quantitative estimate of drug-likeness (QED) is 0.851. The van der Waals surface area contributed by atoms with Crippen LogP contribution >= 0.6 is 15.9 Å². The van der Waals surface area contributed by atoms with Gasteiger partial charge in [-0.25, -0.2) is 9.97 Å². The Balaban J connectivity index is 2.13. The van der Waals surface area contributed by atoms with Crippen LogP contribution in [0.5, 0.6) is 0 Å². The lowest BCUT2D eigenvalue weighted by molar-refractivity contribution is 1.03. The van der Waals surface area contributed by atoms with Gasteiger partial charge in [0.2, 0.25) is 0 Å². The van der Waals surface area contributed by atoms with Crippen LogP contribution in [0.1, 0.15) is 6.42 Å². The third-order valence-electron chi connectivity index (χ3n) is 2.75. The lowest BCUT2D eigenvalue weighted by atomic mass is 10.3. The van der Waals surface area contributed by atoms with E-state index in [4.69, 9.17) is 5.26 Å². The summed E-state index contributed by atoms with van der Waals surface area (Å²) in [5.41, 5.74) is 1.04. The van der Waals surface area contributed by atoms with E-state index in [1.807, 2.05) is 42.3 Å². The molecule has 0 amide bonds. The van der Waals surface area contributed by atoms with Crippen molar-refractivity contribution in [1.29, 1.82) is 5.26 Å². The fourth-order valence-corrected chi connectivity index (χ4v) is 1.93. The van der Waals surface area contributed by atoms with E-state index in [1.54, 1.807) is 0 Å². The highest BCUT2D eigenvalue weighted by Gasteiger charge is 2.06. The van der Waals surface area contributed by atoms with Crippen LogP contribution in [0.25, 0.3) is 0 Å². The molecule has 0 unspecified atom stereocenters. The minimum atomic E-state index is 0.446. The summed E-state index contributed by atoms with van der Waals surface area (Å²) < 4.78 is 1.04. The van der Waals surface area contributed by atoms with Crippen LogP contribution in [0.3, 0.4) is 0 Å². The predicted octanol–water partition coefficient (Wildman–Crippen LogP) is 3.33. The normalized spacial score (nSPS) is 9.85. The van der Waals surface area contributed by atoms with Crippen LogP contribution in [0.2, 0.25) is 0 Å². The summed E-state index contributed by atoms with van der Waals surface area (Å²) in [5, 5.41) is 11.6. The number of aromatic nitrogens is 2. The number of rotatable bonds is 5. The maximum atomic E-state index is 8.52. The third kappa shape index (κ3) is 3.68. The first-order valence-corrected chi connectivity index (χ1v) is 6.92. The highest BCUT2D eigenvalue weighted by atomic mass is 79.9. The second kappa shape index (κ2) is 6.87. The van der Waals surface area contributed by atoms with Gasteiger partial charge >= 0.3 is 0 Å². The Morgan fingerprint density at radius 2 is 2.05 bits per heavy atom. The molecule has 0 fully saturated rings. The molecule has 5 nitrogen and oxygen atoms in total. The van der Waals surface area contributed by atoms with E-state index in [2.05, 4.69) is 37.3 Å². The van der Waals surface area contributed by atoms with Gasteiger partial charge in [-0.1, -0.05) is 15.9 Å². The van der Waals surface area contributed by atoms with Crippen molar-refractivity contribution in [3.05, 3.63) is 41.1 Å². The van der Waals surface area contributed by atoms with E-state index in [0.717, 1.165) is 16.0 Å². The summed E-state index contributed by atoms with van der Waals surface area (Å²) in [6.07, 6.45) is 1.96. The van der Waals surface area contributed by atoms with E-state index >= 15 is 0 Å². The molecule has 0 aliphatic carbocycles. The van der Waals surface area contributed by atoms with Crippen molar-refractivity contribution in [3.63, 3.8) is 0 Å². The van der Waals surface area contributed by atoms with Gasteiger partial charge in [-0.3, -0.25) is 0 Å². The maximum Gasteiger partial charge on any atom is 0.138 e. The molecule has 0 radical (unpaired) electrons. The topological polar surface area (TPSA) is 64.8 Å². The zero-order valence-electron chi connectivity index (χ0n) is 11.0. The summed E-state index contributed by atoms with van der Waals surface area (Å²) in [6.45, 7) is 0.578. The van der Waals surface area contributed by atoms with Gasteiger partial charge in [-0.2, -0.15) is 5.26 Å². The largest absolute Gasteiger partial charge is 0.369 e. The van der Waals surface area contributed by atoms with E-state index < -0.39 is 0 Å². The standard InChI is InChI=1S/C14H14BrN5/c1-20(12-5-3-11(15)4-6-12)14-9-13(18-10-19-14)17-8-2-7-16/h3-6,9-10H,2,8H2,1H3,(H,17,18,19). The van der Waals surface area contributed by atoms with Gasteiger partial charge in [-0.05, 0) is 24.3 Å². The fourth-order valence-electron chi connectivity index (χ4n) is 1.67. The molecule has 1 aromatic heterocycles. The molecule has 0 saturated carbocycles. The van der Waals surface area contributed by atoms with Gasteiger partial charge in [0.25, 0.3) is 0 Å². The van der Waals surface area contributed by atoms with Crippen molar-refractivity contribution >= 4 is 33.3 Å². The Morgan fingerprint density at radius 1 is 1.30 bits per heavy atom. The first kappa shape index (κ1) is 14.3. The summed E-state index contributed by atoms with van der Waals surface area (Å²) in [5.74, 6) is 1.51. The molecule has 20 heavy (non-hydrogen) atoms. The zero-order chi connectivity index (χ0) is 14.4. The molecule has 0 aliphatic rings. The highest BCUT2D eigenvalue weighted by molar-refractivity contribution is 9.10. The van der Waals surface area contributed by atoms with Crippen LogP contribution < -0.4 is 10.2 Å². The van der Waals surface area contributed by atoms with Gasteiger partial charge in [-0.15, -0.1) is 0 Å². The Bertz CT molecular complexity index is 606. The summed E-state index contributed by atoms with van der Waals surface area (Å²) in [6, 6.07) is 11.9. The zero-order valence-corrected chi connectivity index (χ0v) is 12.6. The number of hydrogen-bond donors (Lipinski definition) is 1. The predicted molar refractivity (Wildman–Crippen MR) is 83.0 cm³/mol. The number of nitrogens with zero attached hydrogens (tertiary/aromatic N) is 4. The van der Waals surface area contributed by atoms with Crippen LogP contribution in [-0.2, 0) is 0 Å². The second-order valence-electron chi connectivity index (χ2n) is 4.13. The molecule has 0 atom stereocenters. The van der Waals surface area contributed by atoms with Crippen LogP contribution in [0, 0.1) is 11.3 Å². The van der Waals surface area contributed by atoms with Crippen LogP contribution in [0.4, 0.5) is 17.3 Å². The van der Waals surface area contributed by atoms with E-state index in [1.165, 1.54) is 6.33 Å². The maximum absolute atomic E-state index is 8.52. The molecule has 1 heterocycles. The van der Waals surface area contributed by atoms with E-state index in [9.17, 15) is 0 Å². The van der Waals surface area contributed by atoms with Crippen molar-refractivity contribution in [2.45, 2.75) is 6.42 Å². The molecule has 0 aliphatic heterocycles. The molecule has 0 bridgehead atoms. The number of anilines is 3. The van der Waals surface area contributed by atoms with Crippen molar-refractivity contribution in [1.82, 2.24) is 9.97 Å². The number of halogens is 1. The Kier molecular flexibility index (Phi) is 4.91. The molecule has 102 valence electrons. The minimum Gasteiger partial charge on any atom is -0.369 e. The molecule has 0 spiro atoms. The molecule has 2 aromatic rings. The molecule has 0 saturated heterocycles. The Labute approximate surface area is 126 Å². The first-order chi connectivity index (χ1) is 9.70. The molecular weight excluding hydrogens is 318 g/mol. The first-order valence-electron chi connectivity index (χ1n) is 6.13. The van der Waals surface area contributed by atoms with Gasteiger partial charge in [0, 0.05) is 29.8 Å². The number of hydrogen-bond acceptors (Lipinski definition) is 5. The van der Waals surface area contributed by atoms with Gasteiger partial charge in [0.1, 0.15) is 18.0 Å². The number of benzene rings is 1. The average Bonchev–Trinajstić information content (AvgIpc) is 2.48. The fraction of sp³-hybridized carbons (Fsp3) is 0.214. The third-order valence-corrected chi connectivity index (χ3v) is 3.28. The Morgan fingerprint density at radius 3 is 2.75 bits per heavy atom. The second-order valence-corrected chi connectivity index (χ2v) is 5.05. The summed E-state index contributed by atoms with van der Waals surface area (Å²) >= 11 is 3.42. The highest BCUT2D eigenvalue weighted by Crippen LogP contribution is 2.24. The summed E-state index contributed by atoms with van der Waals surface area (Å²) in [7, 11) is 1.95. The minimum absolute atomic E-state index is 0.446. The van der Waals surface area contributed by atoms with Crippen molar-refractivity contribution < 1.29 is 0 Å². The van der Waals surface area contributed by atoms with Crippen molar-refractivity contribution in [3.8, 4) is 6.07 Å². The Hall–Kier alpha value is -2.13. The molecule has 1 aromatic carbocycles. The molecule has 1 N–H and O–H groups in total. The smallest absolute Gasteiger partial charge is 0.138 e. The van der Waals surface area contributed by atoms with Crippen molar-refractivity contribution in [2.75, 3.05) is 23.8 Å². The number of nitriles is 1. The molecule has 2 rings (SSSR count). The summed E-state index contributed by atoms with van der Waals surface area (Å²) in [4.78, 5) is 10.4. The monoisotopic (exact) mass is 331 g/mol. The van der Waals surface area contributed by atoms with E-state index in [0.29, 0.717) is 18.8 Å². The van der Waals surface area contributed by atoms with Crippen LogP contribution in [-0.4, -0.2) is 23.6 Å². The number of nitrogens with one attached hydrogen (secondary N) is 1. The van der Waals surface area contributed by atoms with Crippen molar-refractivity contribution in [2.24, 2.45) is 0 Å². The van der Waals surface area contributed by atoms with Gasteiger partial charge in [0.15, 0.2) is 0 Å². The van der Waals surface area contributed by atoms with E-state index in [-0.39, 0.29) is 0 Å². The lowest BCUT2D eigenvalue weighted by Crippen LogP contribution is -2.12.